The van der Waals surface area contributed by atoms with Gasteiger partial charge in [-0.25, -0.2) is 9.97 Å². The van der Waals surface area contributed by atoms with Crippen LogP contribution in [-0.2, 0) is 11.8 Å². The highest BCUT2D eigenvalue weighted by Crippen LogP contribution is 2.34. The van der Waals surface area contributed by atoms with Crippen LogP contribution in [0.1, 0.15) is 39.0 Å². The van der Waals surface area contributed by atoms with Gasteiger partial charge in [0.25, 0.3) is 0 Å². The lowest BCUT2D eigenvalue weighted by atomic mass is 9.92. The van der Waals surface area contributed by atoms with Gasteiger partial charge in [0, 0.05) is 11.0 Å². The van der Waals surface area contributed by atoms with Gasteiger partial charge in [0.2, 0.25) is 0 Å². The maximum absolute atomic E-state index is 6.24. The minimum atomic E-state index is -0.0937. The van der Waals surface area contributed by atoms with Gasteiger partial charge in [0.1, 0.15) is 5.15 Å². The van der Waals surface area contributed by atoms with Gasteiger partial charge in [-0.05, 0) is 27.9 Å². The number of halogens is 2. The summed E-state index contributed by atoms with van der Waals surface area (Å²) < 4.78 is 0.778. The third-order valence-electron chi connectivity index (χ3n) is 3.14. The van der Waals surface area contributed by atoms with Crippen LogP contribution >= 0.6 is 27.5 Å². The monoisotopic (exact) mass is 352 g/mol. The minimum Gasteiger partial charge on any atom is -0.231 e. The maximum Gasteiger partial charge on any atom is 0.161 e. The lowest BCUT2D eigenvalue weighted by Crippen LogP contribution is -2.16. The standard InChI is InChI=1S/C16H18BrClN2/c1-5-10-6-8-11(9-7-10)15-19-13(16(2,3)4)12(17)14(18)20-15/h6-9H,5H2,1-4H3. The smallest absolute Gasteiger partial charge is 0.161 e. The Labute approximate surface area is 133 Å². The molecule has 0 amide bonds. The molecule has 0 saturated carbocycles. The molecule has 1 heterocycles. The normalized spacial score (nSPS) is 11.7. The fourth-order valence-electron chi connectivity index (χ4n) is 1.94. The Hall–Kier alpha value is -0.930. The van der Waals surface area contributed by atoms with Crippen molar-refractivity contribution in [3.8, 4) is 11.4 Å². The van der Waals surface area contributed by atoms with Crippen LogP contribution in [0.25, 0.3) is 11.4 Å². The molecule has 0 aliphatic rings. The molecule has 2 rings (SSSR count). The molecular weight excluding hydrogens is 336 g/mol. The topological polar surface area (TPSA) is 25.8 Å². The van der Waals surface area contributed by atoms with Gasteiger partial charge in [0.15, 0.2) is 5.82 Å². The van der Waals surface area contributed by atoms with Crippen molar-refractivity contribution in [3.05, 3.63) is 45.1 Å². The Bertz CT molecular complexity index is 616. The van der Waals surface area contributed by atoms with E-state index in [0.717, 1.165) is 22.2 Å². The highest BCUT2D eigenvalue weighted by atomic mass is 79.9. The molecule has 0 saturated heterocycles. The second-order valence-corrected chi connectivity index (χ2v) is 6.95. The first-order chi connectivity index (χ1) is 9.32. The molecule has 0 aliphatic heterocycles. The van der Waals surface area contributed by atoms with E-state index in [9.17, 15) is 0 Å². The molecule has 0 fully saturated rings. The number of hydrogen-bond acceptors (Lipinski definition) is 2. The van der Waals surface area contributed by atoms with E-state index in [1.807, 2.05) is 12.1 Å². The third kappa shape index (κ3) is 3.21. The van der Waals surface area contributed by atoms with Crippen LogP contribution < -0.4 is 0 Å². The van der Waals surface area contributed by atoms with Crippen molar-refractivity contribution in [3.63, 3.8) is 0 Å². The molecule has 0 unspecified atom stereocenters. The van der Waals surface area contributed by atoms with Crippen LogP contribution in [0, 0.1) is 0 Å². The van der Waals surface area contributed by atoms with Crippen LogP contribution in [0.5, 0.6) is 0 Å². The molecule has 0 bridgehead atoms. The summed E-state index contributed by atoms with van der Waals surface area (Å²) in [4.78, 5) is 9.07. The van der Waals surface area contributed by atoms with E-state index >= 15 is 0 Å². The maximum atomic E-state index is 6.24. The second kappa shape index (κ2) is 5.82. The second-order valence-electron chi connectivity index (χ2n) is 5.80. The molecule has 2 aromatic rings. The Morgan fingerprint density at radius 3 is 2.20 bits per heavy atom. The highest BCUT2D eigenvalue weighted by Gasteiger charge is 2.22. The van der Waals surface area contributed by atoms with Crippen LogP contribution in [0.15, 0.2) is 28.7 Å². The molecule has 0 spiro atoms. The van der Waals surface area contributed by atoms with E-state index in [-0.39, 0.29) is 5.41 Å². The van der Waals surface area contributed by atoms with Crippen molar-refractivity contribution in [2.45, 2.75) is 39.5 Å². The van der Waals surface area contributed by atoms with Crippen LogP contribution in [0.2, 0.25) is 5.15 Å². The Morgan fingerprint density at radius 2 is 1.70 bits per heavy atom. The molecule has 20 heavy (non-hydrogen) atoms. The molecule has 0 N–H and O–H groups in total. The summed E-state index contributed by atoms with van der Waals surface area (Å²) in [5.41, 5.74) is 3.12. The summed E-state index contributed by atoms with van der Waals surface area (Å²) in [6, 6.07) is 8.30. The average Bonchev–Trinajstić information content (AvgIpc) is 2.40. The first kappa shape index (κ1) is 15.5. The zero-order chi connectivity index (χ0) is 14.9. The Kier molecular flexibility index (Phi) is 4.50. The van der Waals surface area contributed by atoms with Gasteiger partial charge in [-0.2, -0.15) is 0 Å². The number of nitrogens with zero attached hydrogens (tertiary/aromatic N) is 2. The molecule has 106 valence electrons. The van der Waals surface area contributed by atoms with Crippen LogP contribution in [0.3, 0.4) is 0 Å². The quantitative estimate of drug-likeness (QED) is 0.674. The summed E-state index contributed by atoms with van der Waals surface area (Å²) in [6.07, 6.45) is 1.02. The van der Waals surface area contributed by atoms with Crippen molar-refractivity contribution in [1.29, 1.82) is 0 Å². The Morgan fingerprint density at radius 1 is 1.10 bits per heavy atom. The summed E-state index contributed by atoms with van der Waals surface area (Å²) in [5, 5.41) is 0.458. The molecule has 0 atom stereocenters. The van der Waals surface area contributed by atoms with Crippen molar-refractivity contribution in [1.82, 2.24) is 9.97 Å². The lowest BCUT2D eigenvalue weighted by Gasteiger charge is -2.20. The van der Waals surface area contributed by atoms with Crippen molar-refractivity contribution in [2.75, 3.05) is 0 Å². The molecule has 0 radical (unpaired) electrons. The van der Waals surface area contributed by atoms with E-state index in [1.54, 1.807) is 0 Å². The van der Waals surface area contributed by atoms with Gasteiger partial charge >= 0.3 is 0 Å². The summed E-state index contributed by atoms with van der Waals surface area (Å²) in [5.74, 6) is 0.672. The van der Waals surface area contributed by atoms with Crippen molar-refractivity contribution < 1.29 is 0 Å². The number of aromatic nitrogens is 2. The Balaban J connectivity index is 2.54. The van der Waals surface area contributed by atoms with E-state index in [0.29, 0.717) is 11.0 Å². The molecule has 1 aromatic heterocycles. The predicted molar refractivity (Wildman–Crippen MR) is 88.3 cm³/mol. The molecule has 4 heteroatoms. The van der Waals surface area contributed by atoms with E-state index < -0.39 is 0 Å². The largest absolute Gasteiger partial charge is 0.231 e. The van der Waals surface area contributed by atoms with Crippen LogP contribution in [-0.4, -0.2) is 9.97 Å². The highest BCUT2D eigenvalue weighted by molar-refractivity contribution is 9.10. The van der Waals surface area contributed by atoms with Crippen LogP contribution in [0.4, 0.5) is 0 Å². The first-order valence-corrected chi connectivity index (χ1v) is 7.83. The zero-order valence-corrected chi connectivity index (χ0v) is 14.5. The summed E-state index contributed by atoms with van der Waals surface area (Å²) in [6.45, 7) is 8.47. The van der Waals surface area contributed by atoms with Gasteiger partial charge in [-0.15, -0.1) is 0 Å². The molecular formula is C16H18BrClN2. The number of benzene rings is 1. The van der Waals surface area contributed by atoms with Gasteiger partial charge < -0.3 is 0 Å². The van der Waals surface area contributed by atoms with E-state index in [1.165, 1.54) is 5.56 Å². The predicted octanol–water partition coefficient (Wildman–Crippen LogP) is 5.42. The van der Waals surface area contributed by atoms with Gasteiger partial charge in [-0.3, -0.25) is 0 Å². The van der Waals surface area contributed by atoms with Crippen molar-refractivity contribution >= 4 is 27.5 Å². The number of aryl methyl sites for hydroxylation is 1. The summed E-state index contributed by atoms with van der Waals surface area (Å²) >= 11 is 9.72. The van der Waals surface area contributed by atoms with Crippen molar-refractivity contribution in [2.24, 2.45) is 0 Å². The molecule has 0 aliphatic carbocycles. The van der Waals surface area contributed by atoms with E-state index in [4.69, 9.17) is 11.6 Å². The fraction of sp³-hybridized carbons (Fsp3) is 0.375. The van der Waals surface area contributed by atoms with Gasteiger partial charge in [0.05, 0.1) is 10.2 Å². The third-order valence-corrected chi connectivity index (χ3v) is 4.39. The number of hydrogen-bond donors (Lipinski definition) is 0. The number of rotatable bonds is 2. The first-order valence-electron chi connectivity index (χ1n) is 6.65. The molecule has 1 aromatic carbocycles. The van der Waals surface area contributed by atoms with E-state index in [2.05, 4.69) is 65.7 Å². The molecule has 2 nitrogen and oxygen atoms in total. The van der Waals surface area contributed by atoms with Gasteiger partial charge in [-0.1, -0.05) is 63.6 Å². The average molecular weight is 354 g/mol. The SMILES string of the molecule is CCc1ccc(-c2nc(Cl)c(Br)c(C(C)(C)C)n2)cc1. The zero-order valence-electron chi connectivity index (χ0n) is 12.2. The lowest BCUT2D eigenvalue weighted by molar-refractivity contribution is 0.564. The minimum absolute atomic E-state index is 0.0937. The summed E-state index contributed by atoms with van der Waals surface area (Å²) in [7, 11) is 0. The fourth-order valence-corrected chi connectivity index (χ4v) is 2.88.